The summed E-state index contributed by atoms with van der Waals surface area (Å²) in [7, 11) is 1.45. The molecule has 0 fully saturated rings. The molecule has 0 saturated carbocycles. The van der Waals surface area contributed by atoms with Crippen molar-refractivity contribution in [2.75, 3.05) is 23.9 Å². The Hall–Kier alpha value is -3.81. The second kappa shape index (κ2) is 8.91. The number of amides is 2. The standard InChI is InChI=1S/C23H25N3O5/c1-13-5-7-16(8-6-13)11-26-18-10-19(30-4)17(9-20(18)31-12-21(26)28)25-23(29)22(14(2)24)15(3)27/h5-10,24,27H,11-12H2,1-4H3,(H,25,29)/b22-15+,24-14?. The molecule has 8 heteroatoms. The smallest absolute Gasteiger partial charge is 0.265 e. The monoisotopic (exact) mass is 423 g/mol. The average molecular weight is 423 g/mol. The molecule has 8 nitrogen and oxygen atoms in total. The highest BCUT2D eigenvalue weighted by Crippen LogP contribution is 2.41. The number of carbonyl (C=O) groups excluding carboxylic acids is 2. The summed E-state index contributed by atoms with van der Waals surface area (Å²) in [5.74, 6) is -0.354. The fourth-order valence-corrected chi connectivity index (χ4v) is 3.33. The van der Waals surface area contributed by atoms with Gasteiger partial charge in [-0.2, -0.15) is 0 Å². The number of methoxy groups -OCH3 is 1. The Balaban J connectivity index is 1.96. The van der Waals surface area contributed by atoms with Gasteiger partial charge in [0.1, 0.15) is 17.3 Å². The number of anilines is 2. The van der Waals surface area contributed by atoms with E-state index >= 15 is 0 Å². The van der Waals surface area contributed by atoms with Crippen molar-refractivity contribution in [2.24, 2.45) is 0 Å². The summed E-state index contributed by atoms with van der Waals surface area (Å²) in [6, 6.07) is 11.1. The molecule has 3 rings (SSSR count). The predicted octanol–water partition coefficient (Wildman–Crippen LogP) is 3.74. The predicted molar refractivity (Wildman–Crippen MR) is 118 cm³/mol. The van der Waals surface area contributed by atoms with Crippen LogP contribution in [0.1, 0.15) is 25.0 Å². The maximum absolute atomic E-state index is 12.6. The number of fused-ring (bicyclic) bond motifs is 1. The van der Waals surface area contributed by atoms with Crippen LogP contribution in [0.25, 0.3) is 0 Å². The minimum atomic E-state index is -0.644. The average Bonchev–Trinajstić information content (AvgIpc) is 2.70. The molecule has 1 heterocycles. The zero-order chi connectivity index (χ0) is 22.7. The van der Waals surface area contributed by atoms with Gasteiger partial charge in [0.05, 0.1) is 30.6 Å². The summed E-state index contributed by atoms with van der Waals surface area (Å²) in [5.41, 5.74) is 2.74. The topological polar surface area (TPSA) is 112 Å². The van der Waals surface area contributed by atoms with Crippen LogP contribution in [0.2, 0.25) is 0 Å². The van der Waals surface area contributed by atoms with Crippen molar-refractivity contribution in [1.82, 2.24) is 0 Å². The van der Waals surface area contributed by atoms with E-state index in [0.29, 0.717) is 29.4 Å². The molecule has 31 heavy (non-hydrogen) atoms. The van der Waals surface area contributed by atoms with Gasteiger partial charge < -0.3 is 30.2 Å². The Kier molecular flexibility index (Phi) is 6.29. The van der Waals surface area contributed by atoms with Crippen LogP contribution in [-0.4, -0.2) is 36.3 Å². The third-order valence-corrected chi connectivity index (χ3v) is 4.90. The largest absolute Gasteiger partial charge is 0.512 e. The van der Waals surface area contributed by atoms with E-state index in [-0.39, 0.29) is 29.6 Å². The van der Waals surface area contributed by atoms with Gasteiger partial charge in [0, 0.05) is 17.8 Å². The Morgan fingerprint density at radius 1 is 1.26 bits per heavy atom. The lowest BCUT2D eigenvalue weighted by molar-refractivity contribution is -0.121. The first kappa shape index (κ1) is 21.9. The highest BCUT2D eigenvalue weighted by Gasteiger charge is 2.28. The fourth-order valence-electron chi connectivity index (χ4n) is 3.33. The van der Waals surface area contributed by atoms with Crippen LogP contribution in [0.5, 0.6) is 11.5 Å². The molecule has 1 aliphatic heterocycles. The van der Waals surface area contributed by atoms with Gasteiger partial charge in [-0.1, -0.05) is 29.8 Å². The second-order valence-corrected chi connectivity index (χ2v) is 7.31. The van der Waals surface area contributed by atoms with Gasteiger partial charge >= 0.3 is 0 Å². The Morgan fingerprint density at radius 2 is 1.94 bits per heavy atom. The molecule has 0 saturated heterocycles. The third kappa shape index (κ3) is 4.69. The summed E-state index contributed by atoms with van der Waals surface area (Å²) in [4.78, 5) is 26.8. The maximum atomic E-state index is 12.6. The molecule has 0 spiro atoms. The number of nitrogens with one attached hydrogen (secondary N) is 2. The van der Waals surface area contributed by atoms with E-state index in [0.717, 1.165) is 11.1 Å². The molecule has 162 valence electrons. The summed E-state index contributed by atoms with van der Waals surface area (Å²) < 4.78 is 11.0. The fraction of sp³-hybridized carbons (Fsp3) is 0.261. The van der Waals surface area contributed by atoms with Crippen molar-refractivity contribution in [3.05, 3.63) is 58.9 Å². The molecule has 2 aromatic carbocycles. The van der Waals surface area contributed by atoms with Gasteiger partial charge in [0.25, 0.3) is 11.8 Å². The van der Waals surface area contributed by atoms with Crippen molar-refractivity contribution in [3.63, 3.8) is 0 Å². The zero-order valence-electron chi connectivity index (χ0n) is 17.9. The Bertz CT molecular complexity index is 1070. The molecule has 0 aromatic heterocycles. The molecule has 0 bridgehead atoms. The molecular formula is C23H25N3O5. The van der Waals surface area contributed by atoms with Gasteiger partial charge in [-0.15, -0.1) is 0 Å². The lowest BCUT2D eigenvalue weighted by Crippen LogP contribution is -2.38. The summed E-state index contributed by atoms with van der Waals surface area (Å²) in [6.45, 7) is 5.00. The van der Waals surface area contributed by atoms with E-state index < -0.39 is 5.91 Å². The maximum Gasteiger partial charge on any atom is 0.265 e. The number of aliphatic hydroxyl groups is 1. The van der Waals surface area contributed by atoms with Gasteiger partial charge in [-0.25, -0.2) is 0 Å². The van der Waals surface area contributed by atoms with E-state index in [4.69, 9.17) is 14.9 Å². The minimum Gasteiger partial charge on any atom is -0.512 e. The van der Waals surface area contributed by atoms with Crippen LogP contribution in [0.4, 0.5) is 11.4 Å². The summed E-state index contributed by atoms with van der Waals surface area (Å²) in [6.07, 6.45) is 0. The SMILES string of the molecule is COc1cc2c(cc1NC(=O)/C(C(C)=N)=C(\C)O)OCC(=O)N2Cc1ccc(C)cc1. The number of hydrogen-bond acceptors (Lipinski definition) is 6. The summed E-state index contributed by atoms with van der Waals surface area (Å²) >= 11 is 0. The highest BCUT2D eigenvalue weighted by atomic mass is 16.5. The first-order valence-electron chi connectivity index (χ1n) is 9.68. The van der Waals surface area contributed by atoms with Crippen LogP contribution >= 0.6 is 0 Å². The minimum absolute atomic E-state index is 0.0689. The van der Waals surface area contributed by atoms with E-state index in [1.165, 1.54) is 21.0 Å². The Morgan fingerprint density at radius 3 is 2.52 bits per heavy atom. The first-order chi connectivity index (χ1) is 14.7. The van der Waals surface area contributed by atoms with Crippen molar-refractivity contribution >= 4 is 28.9 Å². The molecule has 0 unspecified atom stereocenters. The van der Waals surface area contributed by atoms with Crippen LogP contribution < -0.4 is 19.7 Å². The molecule has 3 N–H and O–H groups in total. The van der Waals surface area contributed by atoms with Crippen molar-refractivity contribution in [2.45, 2.75) is 27.3 Å². The van der Waals surface area contributed by atoms with Gasteiger partial charge in [0.15, 0.2) is 6.61 Å². The van der Waals surface area contributed by atoms with Crippen LogP contribution in [-0.2, 0) is 16.1 Å². The molecule has 0 radical (unpaired) electrons. The quantitative estimate of drug-likeness (QED) is 0.372. The summed E-state index contributed by atoms with van der Waals surface area (Å²) in [5, 5.41) is 20.1. The van der Waals surface area contributed by atoms with Crippen LogP contribution in [0.3, 0.4) is 0 Å². The van der Waals surface area contributed by atoms with Gasteiger partial charge in [-0.05, 0) is 26.3 Å². The van der Waals surface area contributed by atoms with Crippen LogP contribution in [0, 0.1) is 12.3 Å². The molecule has 1 aliphatic rings. The normalized spacial score (nSPS) is 13.7. The molecular weight excluding hydrogens is 398 g/mol. The molecule has 0 atom stereocenters. The van der Waals surface area contributed by atoms with Crippen molar-refractivity contribution in [3.8, 4) is 11.5 Å². The lowest BCUT2D eigenvalue weighted by Gasteiger charge is -2.30. The van der Waals surface area contributed by atoms with Crippen molar-refractivity contribution in [1.29, 1.82) is 5.41 Å². The Labute approximate surface area is 180 Å². The number of benzene rings is 2. The van der Waals surface area contributed by atoms with E-state index in [2.05, 4.69) is 5.32 Å². The molecule has 0 aliphatic carbocycles. The molecule has 2 amide bonds. The van der Waals surface area contributed by atoms with E-state index in [9.17, 15) is 14.7 Å². The van der Waals surface area contributed by atoms with Gasteiger partial charge in [0.2, 0.25) is 0 Å². The number of ether oxygens (including phenoxy) is 2. The number of nitrogens with zero attached hydrogens (tertiary/aromatic N) is 1. The van der Waals surface area contributed by atoms with E-state index in [1.54, 1.807) is 17.0 Å². The van der Waals surface area contributed by atoms with Gasteiger partial charge in [-0.3, -0.25) is 9.59 Å². The number of allylic oxidation sites excluding steroid dienone is 1. The number of hydrogen-bond donors (Lipinski definition) is 3. The second-order valence-electron chi connectivity index (χ2n) is 7.31. The number of aryl methyl sites for hydroxylation is 1. The molecule has 2 aromatic rings. The van der Waals surface area contributed by atoms with Crippen molar-refractivity contribution < 1.29 is 24.2 Å². The number of rotatable bonds is 6. The van der Waals surface area contributed by atoms with Crippen LogP contribution in [0.15, 0.2) is 47.7 Å². The number of carbonyl (C=O) groups is 2. The van der Waals surface area contributed by atoms with E-state index in [1.807, 2.05) is 31.2 Å². The number of aliphatic hydroxyl groups excluding tert-OH is 1. The lowest BCUT2D eigenvalue weighted by atomic mass is 10.1. The third-order valence-electron chi connectivity index (χ3n) is 4.90. The zero-order valence-corrected chi connectivity index (χ0v) is 17.9. The first-order valence-corrected chi connectivity index (χ1v) is 9.68. The highest BCUT2D eigenvalue weighted by molar-refractivity contribution is 6.24.